The lowest BCUT2D eigenvalue weighted by Crippen LogP contribution is -2.25. The normalized spacial score (nSPS) is 20.4. The standard InChI is InChI=1S/C15H16BrN3O2/c1-15(8-19-14(18-2)10(15)7-17)9-5-11(16)13(21-4)12(6-9)20-3/h5-6,8,18H,1-4H3. The summed E-state index contributed by atoms with van der Waals surface area (Å²) >= 11 is 3.48. The zero-order chi connectivity index (χ0) is 15.6. The number of halogens is 1. The van der Waals surface area contributed by atoms with E-state index in [2.05, 4.69) is 32.3 Å². The van der Waals surface area contributed by atoms with Gasteiger partial charge in [-0.2, -0.15) is 5.26 Å². The highest BCUT2D eigenvalue weighted by Crippen LogP contribution is 2.43. The summed E-state index contributed by atoms with van der Waals surface area (Å²) in [5.74, 6) is 1.81. The van der Waals surface area contributed by atoms with Crippen LogP contribution in [0.2, 0.25) is 0 Å². The highest BCUT2D eigenvalue weighted by atomic mass is 79.9. The molecule has 1 unspecified atom stereocenters. The van der Waals surface area contributed by atoms with Crippen molar-refractivity contribution in [3.05, 3.63) is 33.6 Å². The third kappa shape index (κ3) is 2.38. The van der Waals surface area contributed by atoms with Crippen LogP contribution in [0.4, 0.5) is 0 Å². The Labute approximate surface area is 132 Å². The van der Waals surface area contributed by atoms with Crippen molar-refractivity contribution in [3.8, 4) is 17.6 Å². The summed E-state index contributed by atoms with van der Waals surface area (Å²) in [5, 5.41) is 12.4. The molecule has 5 nitrogen and oxygen atoms in total. The van der Waals surface area contributed by atoms with Crippen LogP contribution in [-0.4, -0.2) is 27.5 Å². The zero-order valence-electron chi connectivity index (χ0n) is 12.3. The molecule has 0 amide bonds. The van der Waals surface area contributed by atoms with E-state index in [4.69, 9.17) is 9.47 Å². The Bertz CT molecular complexity index is 676. The van der Waals surface area contributed by atoms with Gasteiger partial charge in [-0.25, -0.2) is 4.99 Å². The van der Waals surface area contributed by atoms with Crippen molar-refractivity contribution in [1.29, 1.82) is 5.26 Å². The highest BCUT2D eigenvalue weighted by Gasteiger charge is 2.37. The van der Waals surface area contributed by atoms with Crippen LogP contribution in [-0.2, 0) is 5.41 Å². The lowest BCUT2D eigenvalue weighted by Gasteiger charge is -2.23. The number of nitrogens with zero attached hydrogens (tertiary/aromatic N) is 2. The first kappa shape index (κ1) is 15.4. The monoisotopic (exact) mass is 349 g/mol. The third-order valence-corrected chi connectivity index (χ3v) is 4.18. The van der Waals surface area contributed by atoms with Gasteiger partial charge >= 0.3 is 0 Å². The molecular formula is C15H16BrN3O2. The van der Waals surface area contributed by atoms with Crippen LogP contribution in [0.1, 0.15) is 12.5 Å². The number of hydrogen-bond donors (Lipinski definition) is 1. The number of nitrogens with one attached hydrogen (secondary N) is 1. The van der Waals surface area contributed by atoms with E-state index in [0.717, 1.165) is 10.0 Å². The Hall–Kier alpha value is -2.00. The zero-order valence-corrected chi connectivity index (χ0v) is 13.9. The Kier molecular flexibility index (Phi) is 4.24. The van der Waals surface area contributed by atoms with Gasteiger partial charge < -0.3 is 14.8 Å². The van der Waals surface area contributed by atoms with Gasteiger partial charge in [0.2, 0.25) is 0 Å². The fraction of sp³-hybridized carbons (Fsp3) is 0.333. The molecule has 0 saturated heterocycles. The molecule has 1 aliphatic heterocycles. The van der Waals surface area contributed by atoms with Crippen LogP contribution in [0.5, 0.6) is 11.5 Å². The minimum Gasteiger partial charge on any atom is -0.493 e. The smallest absolute Gasteiger partial charge is 0.174 e. The summed E-state index contributed by atoms with van der Waals surface area (Å²) in [6, 6.07) is 6.03. The molecule has 2 rings (SSSR count). The van der Waals surface area contributed by atoms with Crippen molar-refractivity contribution >= 4 is 22.1 Å². The second-order valence-corrected chi connectivity index (χ2v) is 5.59. The van der Waals surface area contributed by atoms with Crippen molar-refractivity contribution < 1.29 is 9.47 Å². The van der Waals surface area contributed by atoms with E-state index < -0.39 is 5.41 Å². The van der Waals surface area contributed by atoms with Crippen molar-refractivity contribution in [3.63, 3.8) is 0 Å². The van der Waals surface area contributed by atoms with Gasteiger partial charge in [-0.05, 0) is 40.5 Å². The van der Waals surface area contributed by atoms with E-state index in [9.17, 15) is 5.26 Å². The highest BCUT2D eigenvalue weighted by molar-refractivity contribution is 9.10. The van der Waals surface area contributed by atoms with Crippen LogP contribution in [0.3, 0.4) is 0 Å². The van der Waals surface area contributed by atoms with Gasteiger partial charge in [0.05, 0.1) is 35.7 Å². The van der Waals surface area contributed by atoms with Crippen LogP contribution < -0.4 is 14.8 Å². The fourth-order valence-electron chi connectivity index (χ4n) is 2.36. The van der Waals surface area contributed by atoms with Gasteiger partial charge in [0.1, 0.15) is 5.82 Å². The summed E-state index contributed by atoms with van der Waals surface area (Å²) in [6.07, 6.45) is 1.77. The van der Waals surface area contributed by atoms with Crippen LogP contribution in [0.15, 0.2) is 33.0 Å². The van der Waals surface area contributed by atoms with E-state index in [-0.39, 0.29) is 0 Å². The van der Waals surface area contributed by atoms with Crippen molar-refractivity contribution in [2.45, 2.75) is 12.3 Å². The lowest BCUT2D eigenvalue weighted by atomic mass is 9.78. The Morgan fingerprint density at radius 1 is 1.33 bits per heavy atom. The molecule has 110 valence electrons. The maximum absolute atomic E-state index is 9.47. The number of nitriles is 1. The molecule has 0 bridgehead atoms. The number of hydrogen-bond acceptors (Lipinski definition) is 5. The average molecular weight is 350 g/mol. The van der Waals surface area contributed by atoms with Crippen molar-refractivity contribution in [1.82, 2.24) is 5.32 Å². The summed E-state index contributed by atoms with van der Waals surface area (Å²) in [6.45, 7) is 1.95. The number of rotatable bonds is 4. The number of ether oxygens (including phenoxy) is 2. The molecule has 21 heavy (non-hydrogen) atoms. The average Bonchev–Trinajstić information content (AvgIpc) is 2.83. The van der Waals surface area contributed by atoms with E-state index in [1.165, 1.54) is 0 Å². The molecule has 1 N–H and O–H groups in total. The van der Waals surface area contributed by atoms with Crippen LogP contribution >= 0.6 is 15.9 Å². The second kappa shape index (κ2) is 5.78. The molecule has 6 heteroatoms. The number of aliphatic imine (C=N–C) groups is 1. The maximum atomic E-state index is 9.47. The molecule has 1 heterocycles. The minimum absolute atomic E-state index is 0.573. The molecule has 1 atom stereocenters. The predicted octanol–water partition coefficient (Wildman–Crippen LogP) is 2.76. The fourth-order valence-corrected chi connectivity index (χ4v) is 2.97. The molecule has 0 saturated carbocycles. The number of allylic oxidation sites excluding steroid dienone is 1. The predicted molar refractivity (Wildman–Crippen MR) is 84.8 cm³/mol. The maximum Gasteiger partial charge on any atom is 0.174 e. The Morgan fingerprint density at radius 2 is 2.05 bits per heavy atom. The summed E-state index contributed by atoms with van der Waals surface area (Å²) in [5.41, 5.74) is 0.872. The SMILES string of the molecule is CNC1=C(C#N)C(C)(c2cc(Br)c(OC)c(OC)c2)C=N1. The number of methoxy groups -OCH3 is 2. The molecule has 0 aromatic heterocycles. The van der Waals surface area contributed by atoms with Gasteiger partial charge in [-0.3, -0.25) is 0 Å². The minimum atomic E-state index is -0.602. The first-order chi connectivity index (χ1) is 10.0. The van der Waals surface area contributed by atoms with E-state index in [1.54, 1.807) is 27.5 Å². The molecular weight excluding hydrogens is 334 g/mol. The largest absolute Gasteiger partial charge is 0.493 e. The summed E-state index contributed by atoms with van der Waals surface area (Å²) in [4.78, 5) is 4.30. The topological polar surface area (TPSA) is 66.6 Å². The van der Waals surface area contributed by atoms with Crippen molar-refractivity contribution in [2.24, 2.45) is 4.99 Å². The molecule has 0 spiro atoms. The molecule has 0 radical (unpaired) electrons. The Morgan fingerprint density at radius 3 is 2.57 bits per heavy atom. The van der Waals surface area contributed by atoms with Gasteiger partial charge in [-0.1, -0.05) is 0 Å². The van der Waals surface area contributed by atoms with Gasteiger partial charge in [-0.15, -0.1) is 0 Å². The van der Waals surface area contributed by atoms with Crippen LogP contribution in [0, 0.1) is 11.3 Å². The molecule has 1 aromatic carbocycles. The first-order valence-corrected chi connectivity index (χ1v) is 7.11. The molecule has 1 aliphatic rings. The van der Waals surface area contributed by atoms with Crippen LogP contribution in [0.25, 0.3) is 0 Å². The molecule has 0 aliphatic carbocycles. The third-order valence-electron chi connectivity index (χ3n) is 3.59. The lowest BCUT2D eigenvalue weighted by molar-refractivity contribution is 0.352. The summed E-state index contributed by atoms with van der Waals surface area (Å²) < 4.78 is 11.5. The first-order valence-electron chi connectivity index (χ1n) is 6.31. The van der Waals surface area contributed by atoms with E-state index in [1.807, 2.05) is 19.1 Å². The van der Waals surface area contributed by atoms with Gasteiger partial charge in [0.15, 0.2) is 11.5 Å². The summed E-state index contributed by atoms with van der Waals surface area (Å²) in [7, 11) is 4.92. The quantitative estimate of drug-likeness (QED) is 0.907. The number of benzene rings is 1. The van der Waals surface area contributed by atoms with Gasteiger partial charge in [0, 0.05) is 13.3 Å². The van der Waals surface area contributed by atoms with E-state index >= 15 is 0 Å². The second-order valence-electron chi connectivity index (χ2n) is 4.74. The Balaban J connectivity index is 2.63. The van der Waals surface area contributed by atoms with Gasteiger partial charge in [0.25, 0.3) is 0 Å². The van der Waals surface area contributed by atoms with Crippen molar-refractivity contribution in [2.75, 3.05) is 21.3 Å². The van der Waals surface area contributed by atoms with E-state index in [0.29, 0.717) is 22.9 Å². The molecule has 1 aromatic rings. The molecule has 0 fully saturated rings.